The van der Waals surface area contributed by atoms with Gasteiger partial charge in [-0.25, -0.2) is 19.7 Å². The molecular formula is C22H20N4O4S. The largest absolute Gasteiger partial charge is 0.472 e. The fraction of sp³-hybridized carbons (Fsp3) is 0.318. The van der Waals surface area contributed by atoms with E-state index in [2.05, 4.69) is 15.0 Å². The van der Waals surface area contributed by atoms with E-state index in [4.69, 9.17) is 9.47 Å². The number of esters is 1. The van der Waals surface area contributed by atoms with Gasteiger partial charge in [0.05, 0.1) is 23.2 Å². The van der Waals surface area contributed by atoms with E-state index < -0.39 is 0 Å². The number of cyclic esters (lactones) is 1. The van der Waals surface area contributed by atoms with Crippen molar-refractivity contribution in [2.45, 2.75) is 38.5 Å². The molecule has 1 saturated heterocycles. The maximum absolute atomic E-state index is 13.4. The zero-order chi connectivity index (χ0) is 21.4. The summed E-state index contributed by atoms with van der Waals surface area (Å²) in [4.78, 5) is 40.0. The zero-order valence-electron chi connectivity index (χ0n) is 16.9. The van der Waals surface area contributed by atoms with Gasteiger partial charge in [-0.1, -0.05) is 0 Å². The van der Waals surface area contributed by atoms with E-state index in [-0.39, 0.29) is 30.6 Å². The molecule has 8 nitrogen and oxygen atoms in total. The third kappa shape index (κ3) is 3.65. The molecule has 2 unspecified atom stereocenters. The Balaban J connectivity index is 1.36. The first kappa shape index (κ1) is 19.6. The number of hydrogen-bond donors (Lipinski definition) is 0. The molecule has 5 heterocycles. The standard InChI is InChI=1S/C22H20N4O4S/c1-13-3-4-14(30-20-16-10-29-22(28)15(16)5-8-25-20)9-26(13)21(27)18-12-31-11-17(18)19-23-6-2-7-24-19/h2,5-8,11-14H,3-4,9-10H2,1H3. The maximum atomic E-state index is 13.4. The van der Waals surface area contributed by atoms with Crippen LogP contribution in [0.15, 0.2) is 41.5 Å². The molecule has 1 amide bonds. The lowest BCUT2D eigenvalue weighted by Gasteiger charge is -2.38. The van der Waals surface area contributed by atoms with Gasteiger partial charge in [-0.05, 0) is 31.9 Å². The van der Waals surface area contributed by atoms with Crippen LogP contribution in [0.5, 0.6) is 5.88 Å². The van der Waals surface area contributed by atoms with Crippen LogP contribution >= 0.6 is 11.3 Å². The van der Waals surface area contributed by atoms with E-state index in [1.807, 2.05) is 22.6 Å². The Labute approximate surface area is 182 Å². The number of pyridine rings is 1. The van der Waals surface area contributed by atoms with Crippen molar-refractivity contribution in [2.24, 2.45) is 0 Å². The topological polar surface area (TPSA) is 94.5 Å². The lowest BCUT2D eigenvalue weighted by atomic mass is 9.99. The number of hydrogen-bond acceptors (Lipinski definition) is 8. The van der Waals surface area contributed by atoms with E-state index >= 15 is 0 Å². The number of likely N-dealkylation sites (tertiary alicyclic amines) is 1. The van der Waals surface area contributed by atoms with Crippen LogP contribution in [0.25, 0.3) is 11.4 Å². The molecule has 158 valence electrons. The second-order valence-corrected chi connectivity index (χ2v) is 8.36. The number of carbonyl (C=O) groups is 2. The molecule has 3 aromatic rings. The highest BCUT2D eigenvalue weighted by Crippen LogP contribution is 2.31. The molecule has 0 radical (unpaired) electrons. The number of ether oxygens (including phenoxy) is 2. The van der Waals surface area contributed by atoms with Crippen LogP contribution in [-0.4, -0.2) is 50.4 Å². The van der Waals surface area contributed by atoms with Crippen LogP contribution in [0.2, 0.25) is 0 Å². The van der Waals surface area contributed by atoms with Crippen molar-refractivity contribution in [2.75, 3.05) is 6.54 Å². The van der Waals surface area contributed by atoms with Gasteiger partial charge in [0.2, 0.25) is 5.88 Å². The van der Waals surface area contributed by atoms with E-state index in [1.54, 1.807) is 30.7 Å². The predicted molar refractivity (Wildman–Crippen MR) is 113 cm³/mol. The number of thiophene rings is 1. The molecule has 5 rings (SSSR count). The van der Waals surface area contributed by atoms with Crippen LogP contribution in [0.3, 0.4) is 0 Å². The summed E-state index contributed by atoms with van der Waals surface area (Å²) in [5.41, 5.74) is 2.50. The quantitative estimate of drug-likeness (QED) is 0.579. The first-order valence-electron chi connectivity index (χ1n) is 10.1. The van der Waals surface area contributed by atoms with Gasteiger partial charge in [0.1, 0.15) is 12.7 Å². The van der Waals surface area contributed by atoms with Gasteiger partial charge < -0.3 is 14.4 Å². The smallest absolute Gasteiger partial charge is 0.339 e. The molecule has 9 heteroatoms. The van der Waals surface area contributed by atoms with Crippen LogP contribution in [0.1, 0.15) is 46.0 Å². The second kappa shape index (κ2) is 8.07. The third-order valence-electron chi connectivity index (χ3n) is 5.66. The summed E-state index contributed by atoms with van der Waals surface area (Å²) < 4.78 is 11.2. The average molecular weight is 436 g/mol. The minimum atomic E-state index is -0.357. The van der Waals surface area contributed by atoms with E-state index in [9.17, 15) is 9.59 Å². The Kier molecular flexibility index (Phi) is 5.11. The van der Waals surface area contributed by atoms with E-state index in [0.717, 1.165) is 18.4 Å². The van der Waals surface area contributed by atoms with Crippen molar-refractivity contribution in [3.05, 3.63) is 58.2 Å². The van der Waals surface area contributed by atoms with Crippen molar-refractivity contribution in [3.63, 3.8) is 0 Å². The molecule has 0 spiro atoms. The molecule has 0 bridgehead atoms. The molecule has 2 aliphatic rings. The summed E-state index contributed by atoms with van der Waals surface area (Å²) in [6, 6.07) is 3.47. The summed E-state index contributed by atoms with van der Waals surface area (Å²) in [6.45, 7) is 2.65. The van der Waals surface area contributed by atoms with E-state index in [1.165, 1.54) is 11.3 Å². The first-order valence-corrected chi connectivity index (χ1v) is 11.0. The van der Waals surface area contributed by atoms with Crippen LogP contribution < -0.4 is 4.74 Å². The van der Waals surface area contributed by atoms with E-state index in [0.29, 0.717) is 34.9 Å². The minimum absolute atomic E-state index is 0.0609. The summed E-state index contributed by atoms with van der Waals surface area (Å²) in [5.74, 6) is 0.529. The highest BCUT2D eigenvalue weighted by molar-refractivity contribution is 7.08. The zero-order valence-corrected chi connectivity index (χ0v) is 17.7. The molecular weight excluding hydrogens is 416 g/mol. The number of carbonyl (C=O) groups excluding carboxylic acids is 2. The number of nitrogens with zero attached hydrogens (tertiary/aromatic N) is 4. The summed E-state index contributed by atoms with van der Waals surface area (Å²) in [6.07, 6.45) is 6.27. The molecule has 3 aromatic heterocycles. The van der Waals surface area contributed by atoms with Gasteiger partial charge in [0.25, 0.3) is 5.91 Å². The highest BCUT2D eigenvalue weighted by Gasteiger charge is 2.34. The summed E-state index contributed by atoms with van der Waals surface area (Å²) in [5, 5.41) is 3.75. The van der Waals surface area contributed by atoms with Gasteiger partial charge in [-0.3, -0.25) is 4.79 Å². The maximum Gasteiger partial charge on any atom is 0.339 e. The van der Waals surface area contributed by atoms with Crippen molar-refractivity contribution < 1.29 is 19.1 Å². The predicted octanol–water partition coefficient (Wildman–Crippen LogP) is 3.34. The normalized spacial score (nSPS) is 20.3. The number of rotatable bonds is 4. The number of aromatic nitrogens is 3. The van der Waals surface area contributed by atoms with Crippen molar-refractivity contribution in [1.29, 1.82) is 0 Å². The second-order valence-electron chi connectivity index (χ2n) is 7.61. The van der Waals surface area contributed by atoms with Crippen molar-refractivity contribution >= 4 is 23.2 Å². The Morgan fingerprint density at radius 2 is 2.00 bits per heavy atom. The Hall–Kier alpha value is -3.33. The third-order valence-corrected chi connectivity index (χ3v) is 6.40. The number of fused-ring (bicyclic) bond motifs is 1. The first-order chi connectivity index (χ1) is 15.1. The van der Waals surface area contributed by atoms with Crippen molar-refractivity contribution in [3.8, 4) is 17.3 Å². The molecule has 1 fully saturated rings. The molecule has 0 aromatic carbocycles. The van der Waals surface area contributed by atoms with Gasteiger partial charge in [-0.15, -0.1) is 0 Å². The number of amides is 1. The molecule has 31 heavy (non-hydrogen) atoms. The van der Waals surface area contributed by atoms with Gasteiger partial charge in [0.15, 0.2) is 5.82 Å². The minimum Gasteiger partial charge on any atom is -0.472 e. The Morgan fingerprint density at radius 3 is 2.84 bits per heavy atom. The lowest BCUT2D eigenvalue weighted by Crippen LogP contribution is -2.49. The molecule has 0 saturated carbocycles. The van der Waals surface area contributed by atoms with Gasteiger partial charge >= 0.3 is 5.97 Å². The van der Waals surface area contributed by atoms with Gasteiger partial charge in [0, 0.05) is 41.0 Å². The fourth-order valence-electron chi connectivity index (χ4n) is 3.96. The van der Waals surface area contributed by atoms with Crippen LogP contribution in [0.4, 0.5) is 0 Å². The van der Waals surface area contributed by atoms with Crippen LogP contribution in [0, 0.1) is 0 Å². The molecule has 2 aliphatic heterocycles. The Morgan fingerprint density at radius 1 is 1.16 bits per heavy atom. The average Bonchev–Trinajstić information content (AvgIpc) is 3.43. The SMILES string of the molecule is CC1CCC(Oc2nccc3c2COC3=O)CN1C(=O)c1cscc1-c1ncccn1. The summed E-state index contributed by atoms with van der Waals surface area (Å²) in [7, 11) is 0. The van der Waals surface area contributed by atoms with Crippen molar-refractivity contribution in [1.82, 2.24) is 19.9 Å². The summed E-state index contributed by atoms with van der Waals surface area (Å²) >= 11 is 1.46. The molecule has 0 aliphatic carbocycles. The highest BCUT2D eigenvalue weighted by atomic mass is 32.1. The Bertz CT molecular complexity index is 1130. The lowest BCUT2D eigenvalue weighted by molar-refractivity contribution is 0.0364. The van der Waals surface area contributed by atoms with Crippen LogP contribution in [-0.2, 0) is 11.3 Å². The monoisotopic (exact) mass is 436 g/mol. The molecule has 2 atom stereocenters. The fourth-order valence-corrected chi connectivity index (χ4v) is 4.76. The number of piperidine rings is 1. The van der Waals surface area contributed by atoms with Gasteiger partial charge in [-0.2, -0.15) is 11.3 Å². The molecule has 0 N–H and O–H groups in total.